The zero-order valence-electron chi connectivity index (χ0n) is 22.2. The Morgan fingerprint density at radius 2 is 1.07 bits per heavy atom. The van der Waals surface area contributed by atoms with Crippen LogP contribution in [0.2, 0.25) is 0 Å². The number of benzene rings is 2. The van der Waals surface area contributed by atoms with Crippen LogP contribution in [0.25, 0.3) is 22.1 Å². The van der Waals surface area contributed by atoms with Gasteiger partial charge in [0.05, 0.1) is 15.4 Å². The van der Waals surface area contributed by atoms with E-state index in [1.165, 1.54) is 49.1 Å². The average molecular weight is 777 g/mol. The first kappa shape index (κ1) is 31.5. The number of halogens is 2. The van der Waals surface area contributed by atoms with Crippen molar-refractivity contribution in [2.24, 2.45) is 11.5 Å². The van der Waals surface area contributed by atoms with E-state index >= 15 is 0 Å². The molecule has 0 aliphatic heterocycles. The first-order valence-corrected chi connectivity index (χ1v) is 17.2. The van der Waals surface area contributed by atoms with E-state index in [-0.39, 0.29) is 31.6 Å². The normalized spacial score (nSPS) is 11.7. The zero-order chi connectivity index (χ0) is 31.8. The molecular weight excluding hydrogens is 756 g/mol. The third-order valence-corrected chi connectivity index (χ3v) is 10.7. The van der Waals surface area contributed by atoms with Gasteiger partial charge in [-0.05, 0) is 68.3 Å². The van der Waals surface area contributed by atoms with Crippen molar-refractivity contribution >= 4 is 97.1 Å². The summed E-state index contributed by atoms with van der Waals surface area (Å²) in [6, 6.07) is 19.4. The number of amides is 1. The molecule has 0 radical (unpaired) electrons. The van der Waals surface area contributed by atoms with Gasteiger partial charge >= 0.3 is 0 Å². The summed E-state index contributed by atoms with van der Waals surface area (Å²) in [6.07, 6.45) is 5.61. The summed E-state index contributed by atoms with van der Waals surface area (Å²) in [6.45, 7) is 0. The summed E-state index contributed by atoms with van der Waals surface area (Å²) >= 11 is 11.6. The van der Waals surface area contributed by atoms with Crippen LogP contribution in [-0.2, 0) is 20.0 Å². The molecule has 4 N–H and O–H groups in total. The third-order valence-electron chi connectivity index (χ3n) is 6.29. The van der Waals surface area contributed by atoms with Crippen molar-refractivity contribution in [3.05, 3.63) is 118 Å². The van der Waals surface area contributed by atoms with E-state index in [0.717, 1.165) is 7.94 Å². The van der Waals surface area contributed by atoms with Crippen LogP contribution in [-0.4, -0.2) is 45.6 Å². The van der Waals surface area contributed by atoms with E-state index in [2.05, 4.69) is 41.8 Å². The summed E-state index contributed by atoms with van der Waals surface area (Å²) in [5.41, 5.74) is 12.1. The van der Waals surface area contributed by atoms with Crippen molar-refractivity contribution in [3.63, 3.8) is 0 Å². The van der Waals surface area contributed by atoms with Gasteiger partial charge in [0.1, 0.15) is 4.99 Å². The number of nitrogens with two attached hydrogens (primary N) is 2. The van der Waals surface area contributed by atoms with Gasteiger partial charge in [0, 0.05) is 50.1 Å². The summed E-state index contributed by atoms with van der Waals surface area (Å²) in [7, 11) is -7.63. The van der Waals surface area contributed by atoms with E-state index in [4.69, 9.17) is 23.7 Å². The number of rotatable bonds is 6. The largest absolute Gasteiger partial charge is 0.389 e. The number of carbonyl (C=O) groups is 1. The van der Waals surface area contributed by atoms with Crippen LogP contribution in [0, 0.1) is 0 Å². The molecule has 6 rings (SSSR count). The second-order valence-electron chi connectivity index (χ2n) is 9.09. The third kappa shape index (κ3) is 5.90. The molecule has 0 saturated heterocycles. The summed E-state index contributed by atoms with van der Waals surface area (Å²) < 4.78 is 54.5. The second kappa shape index (κ2) is 12.2. The number of hydrogen-bond acceptors (Lipinski definition) is 8. The van der Waals surface area contributed by atoms with Crippen molar-refractivity contribution in [1.82, 2.24) is 17.9 Å². The Balaban J connectivity index is 0.000000175. The molecule has 0 atom stereocenters. The van der Waals surface area contributed by atoms with Gasteiger partial charge in [0.2, 0.25) is 0 Å². The van der Waals surface area contributed by atoms with Crippen molar-refractivity contribution in [3.8, 4) is 0 Å². The lowest BCUT2D eigenvalue weighted by Gasteiger charge is -2.06. The number of fused-ring (bicyclic) bond motifs is 2. The fourth-order valence-corrected chi connectivity index (χ4v) is 7.80. The Labute approximate surface area is 273 Å². The van der Waals surface area contributed by atoms with Crippen LogP contribution in [0.1, 0.15) is 15.9 Å². The molecule has 224 valence electrons. The maximum Gasteiger partial charge on any atom is 0.269 e. The van der Waals surface area contributed by atoms with Crippen LogP contribution in [0.5, 0.6) is 0 Å². The number of aromatic nitrogens is 4. The lowest BCUT2D eigenvalue weighted by molar-refractivity contribution is 0.100. The van der Waals surface area contributed by atoms with E-state index < -0.39 is 26.0 Å². The molecule has 16 heteroatoms. The summed E-state index contributed by atoms with van der Waals surface area (Å²) in [5.74, 6) is -0.716. The second-order valence-corrected chi connectivity index (χ2v) is 15.0. The number of nitrogens with zero attached hydrogens (tertiary/aromatic N) is 4. The molecule has 11 nitrogen and oxygen atoms in total. The standard InChI is InChI=1S/C14H10BrN3O3S.C14H10BrN3O2S2/c15-9-6-11-12(13(16)19)8-18(14(11)17-7-9)22(20,21)10-4-2-1-3-5-10;15-9-6-11-12(13(16)21)8-18(14(11)17-7-9)22(19,20)10-4-2-1-3-5-10/h1-8H,(H2,16,19);1-8H,(H2,16,21). The SMILES string of the molecule is NC(=O)c1cn(S(=O)(=O)c2ccccc2)c2ncc(Br)cc12.NC(=S)c1cn(S(=O)(=O)c2ccccc2)c2ncc(Br)cc12. The van der Waals surface area contributed by atoms with Crippen LogP contribution < -0.4 is 11.5 Å². The van der Waals surface area contributed by atoms with E-state index in [1.54, 1.807) is 48.5 Å². The van der Waals surface area contributed by atoms with Crippen molar-refractivity contribution in [2.45, 2.75) is 9.79 Å². The summed E-state index contributed by atoms with van der Waals surface area (Å²) in [5, 5.41) is 0.961. The predicted molar refractivity (Wildman–Crippen MR) is 177 cm³/mol. The molecule has 0 fully saturated rings. The van der Waals surface area contributed by atoms with Gasteiger partial charge in [-0.15, -0.1) is 0 Å². The summed E-state index contributed by atoms with van der Waals surface area (Å²) in [4.78, 5) is 20.3. The Kier molecular flexibility index (Phi) is 8.73. The van der Waals surface area contributed by atoms with Crippen molar-refractivity contribution in [2.75, 3.05) is 0 Å². The number of pyridine rings is 2. The zero-order valence-corrected chi connectivity index (χ0v) is 27.8. The van der Waals surface area contributed by atoms with Gasteiger partial charge < -0.3 is 11.5 Å². The van der Waals surface area contributed by atoms with E-state index in [9.17, 15) is 21.6 Å². The van der Waals surface area contributed by atoms with Crippen LogP contribution in [0.3, 0.4) is 0 Å². The van der Waals surface area contributed by atoms with Crippen LogP contribution in [0.15, 0.2) is 116 Å². The quantitative estimate of drug-likeness (QED) is 0.225. The maximum absolute atomic E-state index is 12.8. The van der Waals surface area contributed by atoms with Gasteiger partial charge in [-0.2, -0.15) is 0 Å². The van der Waals surface area contributed by atoms with Gasteiger partial charge in [-0.25, -0.2) is 34.7 Å². The highest BCUT2D eigenvalue weighted by Gasteiger charge is 2.24. The minimum atomic E-state index is -3.86. The first-order chi connectivity index (χ1) is 20.8. The monoisotopic (exact) mass is 774 g/mol. The topological polar surface area (TPSA) is 173 Å². The van der Waals surface area contributed by atoms with Gasteiger partial charge in [-0.3, -0.25) is 4.79 Å². The molecule has 0 saturated carbocycles. The lowest BCUT2D eigenvalue weighted by Crippen LogP contribution is -2.13. The van der Waals surface area contributed by atoms with Crippen molar-refractivity contribution < 1.29 is 21.6 Å². The Morgan fingerprint density at radius 1 is 0.682 bits per heavy atom. The molecule has 1 amide bonds. The number of carbonyl (C=O) groups excluding carboxylic acids is 1. The van der Waals surface area contributed by atoms with Crippen LogP contribution in [0.4, 0.5) is 0 Å². The number of thiocarbonyl (C=S) groups is 1. The highest BCUT2D eigenvalue weighted by Crippen LogP contribution is 2.28. The Bertz CT molecular complexity index is 2130. The van der Waals surface area contributed by atoms with E-state index in [0.29, 0.717) is 25.3 Å². The van der Waals surface area contributed by atoms with Crippen molar-refractivity contribution in [1.29, 1.82) is 0 Å². The van der Waals surface area contributed by atoms with Crippen LogP contribution >= 0.6 is 44.1 Å². The fraction of sp³-hybridized carbons (Fsp3) is 0. The van der Waals surface area contributed by atoms with Gasteiger partial charge in [-0.1, -0.05) is 48.6 Å². The first-order valence-electron chi connectivity index (χ1n) is 12.4. The molecule has 4 heterocycles. The maximum atomic E-state index is 12.8. The predicted octanol–water partition coefficient (Wildman–Crippen LogP) is 4.80. The highest BCUT2D eigenvalue weighted by molar-refractivity contribution is 9.10. The molecule has 0 aliphatic carbocycles. The smallest absolute Gasteiger partial charge is 0.269 e. The minimum Gasteiger partial charge on any atom is -0.389 e. The number of hydrogen-bond donors (Lipinski definition) is 2. The van der Waals surface area contributed by atoms with Gasteiger partial charge in [0.15, 0.2) is 11.3 Å². The molecule has 6 aromatic rings. The molecule has 0 aliphatic rings. The molecule has 0 unspecified atom stereocenters. The molecule has 0 spiro atoms. The molecule has 2 aromatic carbocycles. The van der Waals surface area contributed by atoms with E-state index in [1.807, 2.05) is 0 Å². The number of primary amides is 1. The van der Waals surface area contributed by atoms with Gasteiger partial charge in [0.25, 0.3) is 26.0 Å². The molecular formula is C28H20Br2N6O5S3. The molecule has 4 aromatic heterocycles. The lowest BCUT2D eigenvalue weighted by atomic mass is 10.2. The molecule has 44 heavy (non-hydrogen) atoms. The minimum absolute atomic E-state index is 0.100. The molecule has 0 bridgehead atoms. The Morgan fingerprint density at radius 3 is 1.45 bits per heavy atom. The fourth-order valence-electron chi connectivity index (χ4n) is 4.28. The highest BCUT2D eigenvalue weighted by atomic mass is 79.9. The Hall–Kier alpha value is -3.96. The average Bonchev–Trinajstić information content (AvgIpc) is 3.58.